The third-order valence-corrected chi connectivity index (χ3v) is 4.26. The average Bonchev–Trinajstić information content (AvgIpc) is 3.09. The van der Waals surface area contributed by atoms with Crippen LogP contribution in [0.25, 0.3) is 10.6 Å². The van der Waals surface area contributed by atoms with Crippen molar-refractivity contribution in [2.75, 3.05) is 7.05 Å². The Morgan fingerprint density at radius 3 is 2.62 bits per heavy atom. The molecule has 1 aromatic heterocycles. The van der Waals surface area contributed by atoms with Gasteiger partial charge in [-0.25, -0.2) is 9.78 Å². The van der Waals surface area contributed by atoms with E-state index in [4.69, 9.17) is 4.84 Å². The monoisotopic (exact) mass is 346 g/mol. The Bertz CT molecular complexity index is 724. The van der Waals surface area contributed by atoms with Crippen LogP contribution in [-0.2, 0) is 20.8 Å². The molecule has 0 bridgehead atoms. The van der Waals surface area contributed by atoms with Gasteiger partial charge in [-0.2, -0.15) is 5.06 Å². The van der Waals surface area contributed by atoms with Crippen molar-refractivity contribution in [3.8, 4) is 10.6 Å². The largest absolute Gasteiger partial charge is 0.382 e. The number of nitrogens with zero attached hydrogens (tertiary/aromatic N) is 2. The van der Waals surface area contributed by atoms with Crippen LogP contribution in [0.4, 0.5) is 0 Å². The molecule has 0 spiro atoms. The predicted octanol–water partition coefficient (Wildman–Crippen LogP) is 2.88. The molecule has 1 heterocycles. The summed E-state index contributed by atoms with van der Waals surface area (Å²) < 4.78 is 0. The molecule has 0 aliphatic rings. The average molecular weight is 346 g/mol. The summed E-state index contributed by atoms with van der Waals surface area (Å²) in [6, 6.07) is 7.96. The second-order valence-electron chi connectivity index (χ2n) is 5.06. The molecule has 1 amide bonds. The first-order valence-electron chi connectivity index (χ1n) is 7.52. The van der Waals surface area contributed by atoms with Crippen LogP contribution in [0.3, 0.4) is 0 Å². The summed E-state index contributed by atoms with van der Waals surface area (Å²) in [5.74, 6) is -1.15. The van der Waals surface area contributed by atoms with Gasteiger partial charge in [-0.05, 0) is 12.0 Å². The van der Waals surface area contributed by atoms with Crippen LogP contribution in [-0.4, -0.2) is 35.3 Å². The van der Waals surface area contributed by atoms with Gasteiger partial charge in [0.1, 0.15) is 11.3 Å². The number of hydroxylamine groups is 2. The third kappa shape index (κ3) is 4.48. The molecule has 0 radical (unpaired) electrons. The fourth-order valence-electron chi connectivity index (χ4n) is 1.94. The Balaban J connectivity index is 2.02. The summed E-state index contributed by atoms with van der Waals surface area (Å²) in [5, 5.41) is 3.13. The van der Waals surface area contributed by atoms with Crippen LogP contribution in [0.2, 0.25) is 0 Å². The van der Waals surface area contributed by atoms with Crippen molar-refractivity contribution in [1.29, 1.82) is 0 Å². The molecule has 0 saturated carbocycles. The highest BCUT2D eigenvalue weighted by atomic mass is 32.1. The summed E-state index contributed by atoms with van der Waals surface area (Å²) in [6.07, 6.45) is 1.69. The smallest absolute Gasteiger partial charge is 0.331 e. The zero-order chi connectivity index (χ0) is 17.5. The fraction of sp³-hybridized carbons (Fsp3) is 0.294. The lowest BCUT2D eigenvalue weighted by molar-refractivity contribution is -0.161. The lowest BCUT2D eigenvalue weighted by atomic mass is 10.1. The van der Waals surface area contributed by atoms with Crippen LogP contribution in [0.15, 0.2) is 29.6 Å². The highest BCUT2D eigenvalue weighted by Crippen LogP contribution is 2.24. The SMILES string of the molecule is CCc1ccc(-c2nc(C(=O)ON(C)C(=O)CCC=O)cs2)cc1. The van der Waals surface area contributed by atoms with Crippen LogP contribution in [0.5, 0.6) is 0 Å². The zero-order valence-electron chi connectivity index (χ0n) is 13.5. The van der Waals surface area contributed by atoms with E-state index in [1.807, 2.05) is 24.3 Å². The van der Waals surface area contributed by atoms with Crippen molar-refractivity contribution >= 4 is 29.5 Å². The fourth-order valence-corrected chi connectivity index (χ4v) is 2.74. The Hall–Kier alpha value is -2.54. The predicted molar refractivity (Wildman–Crippen MR) is 90.4 cm³/mol. The van der Waals surface area contributed by atoms with Gasteiger partial charge in [0.15, 0.2) is 5.69 Å². The van der Waals surface area contributed by atoms with Gasteiger partial charge in [-0.15, -0.1) is 11.3 Å². The normalized spacial score (nSPS) is 10.2. The molecule has 0 unspecified atom stereocenters. The minimum atomic E-state index is -0.704. The highest BCUT2D eigenvalue weighted by Gasteiger charge is 2.18. The minimum absolute atomic E-state index is 0.000622. The molecule has 2 aromatic rings. The van der Waals surface area contributed by atoms with Crippen LogP contribution >= 0.6 is 11.3 Å². The number of rotatable bonds is 6. The van der Waals surface area contributed by atoms with Gasteiger partial charge < -0.3 is 9.63 Å². The Labute approximate surface area is 144 Å². The quantitative estimate of drug-likeness (QED) is 0.594. The van der Waals surface area contributed by atoms with Gasteiger partial charge in [0, 0.05) is 30.8 Å². The molecule has 0 aliphatic carbocycles. The number of aromatic nitrogens is 1. The molecular weight excluding hydrogens is 328 g/mol. The first-order chi connectivity index (χ1) is 11.5. The lowest BCUT2D eigenvalue weighted by Crippen LogP contribution is -2.29. The van der Waals surface area contributed by atoms with E-state index in [1.165, 1.54) is 23.9 Å². The number of hydrogen-bond donors (Lipinski definition) is 0. The molecule has 0 atom stereocenters. The van der Waals surface area contributed by atoms with Crippen LogP contribution in [0, 0.1) is 0 Å². The number of benzene rings is 1. The van der Waals surface area contributed by atoms with Gasteiger partial charge >= 0.3 is 5.97 Å². The van der Waals surface area contributed by atoms with Crippen molar-refractivity contribution in [3.63, 3.8) is 0 Å². The van der Waals surface area contributed by atoms with Crippen molar-refractivity contribution in [3.05, 3.63) is 40.9 Å². The van der Waals surface area contributed by atoms with Gasteiger partial charge in [-0.3, -0.25) is 4.79 Å². The van der Waals surface area contributed by atoms with E-state index in [1.54, 1.807) is 5.38 Å². The maximum atomic E-state index is 12.0. The number of hydrogen-bond acceptors (Lipinski definition) is 6. The second kappa shape index (κ2) is 8.35. The van der Waals surface area contributed by atoms with E-state index in [0.29, 0.717) is 11.3 Å². The highest BCUT2D eigenvalue weighted by molar-refractivity contribution is 7.13. The third-order valence-electron chi connectivity index (χ3n) is 3.37. The number of carbonyl (C=O) groups is 3. The van der Waals surface area contributed by atoms with Crippen LogP contribution in [0.1, 0.15) is 35.8 Å². The summed E-state index contributed by atoms with van der Waals surface area (Å²) in [7, 11) is 1.34. The zero-order valence-corrected chi connectivity index (χ0v) is 14.3. The molecule has 1 aromatic carbocycles. The van der Waals surface area contributed by atoms with E-state index < -0.39 is 11.9 Å². The van der Waals surface area contributed by atoms with E-state index >= 15 is 0 Å². The van der Waals surface area contributed by atoms with Gasteiger partial charge in [-0.1, -0.05) is 31.2 Å². The van der Waals surface area contributed by atoms with Gasteiger partial charge in [0.05, 0.1) is 0 Å². The Kier molecular flexibility index (Phi) is 6.20. The number of thiazole rings is 1. The molecule has 0 fully saturated rings. The molecule has 6 nitrogen and oxygen atoms in total. The Morgan fingerprint density at radius 1 is 1.29 bits per heavy atom. The molecule has 7 heteroatoms. The van der Waals surface area contributed by atoms with E-state index in [2.05, 4.69) is 11.9 Å². The maximum absolute atomic E-state index is 12.0. The van der Waals surface area contributed by atoms with Crippen molar-refractivity contribution < 1.29 is 19.2 Å². The standard InChI is InChI=1S/C17H18N2O4S/c1-3-12-6-8-13(9-7-12)16-18-14(11-24-16)17(22)23-19(2)15(21)5-4-10-20/h6-11H,3-5H2,1-2H3. The molecule has 126 valence electrons. The summed E-state index contributed by atoms with van der Waals surface area (Å²) in [5.41, 5.74) is 2.29. The van der Waals surface area contributed by atoms with Gasteiger partial charge in [0.2, 0.25) is 0 Å². The van der Waals surface area contributed by atoms with E-state index in [9.17, 15) is 14.4 Å². The number of aldehydes is 1. The van der Waals surface area contributed by atoms with E-state index in [-0.39, 0.29) is 18.5 Å². The Morgan fingerprint density at radius 2 is 2.00 bits per heavy atom. The molecule has 2 rings (SSSR count). The van der Waals surface area contributed by atoms with Crippen molar-refractivity contribution in [2.45, 2.75) is 26.2 Å². The molecule has 0 aliphatic heterocycles. The molecule has 0 N–H and O–H groups in total. The summed E-state index contributed by atoms with van der Waals surface area (Å²) >= 11 is 1.33. The summed E-state index contributed by atoms with van der Waals surface area (Å²) in [6.45, 7) is 2.08. The maximum Gasteiger partial charge on any atom is 0.382 e. The summed E-state index contributed by atoms with van der Waals surface area (Å²) in [4.78, 5) is 43.1. The first kappa shape index (κ1) is 17.8. The number of carbonyl (C=O) groups excluding carboxylic acids is 3. The number of amides is 1. The first-order valence-corrected chi connectivity index (χ1v) is 8.40. The minimum Gasteiger partial charge on any atom is -0.331 e. The second-order valence-corrected chi connectivity index (χ2v) is 5.92. The molecule has 0 saturated heterocycles. The molecule has 24 heavy (non-hydrogen) atoms. The van der Waals surface area contributed by atoms with Crippen molar-refractivity contribution in [1.82, 2.24) is 10.0 Å². The number of aryl methyl sites for hydroxylation is 1. The van der Waals surface area contributed by atoms with Crippen LogP contribution < -0.4 is 0 Å². The van der Waals surface area contributed by atoms with E-state index in [0.717, 1.165) is 17.0 Å². The topological polar surface area (TPSA) is 76.6 Å². The lowest BCUT2D eigenvalue weighted by Gasteiger charge is -2.14. The molecular formula is C17H18N2O4S. The van der Waals surface area contributed by atoms with Gasteiger partial charge in [0.25, 0.3) is 5.91 Å². The van der Waals surface area contributed by atoms with Crippen molar-refractivity contribution in [2.24, 2.45) is 0 Å².